The van der Waals surface area contributed by atoms with Gasteiger partial charge in [-0.05, 0) is 66.1 Å². The second-order valence-electron chi connectivity index (χ2n) is 8.12. The lowest BCUT2D eigenvalue weighted by atomic mass is 9.96. The maximum Gasteiger partial charge on any atom is 0.151 e. The van der Waals surface area contributed by atoms with E-state index in [1.54, 1.807) is 53.0 Å². The summed E-state index contributed by atoms with van der Waals surface area (Å²) in [6, 6.07) is 12.2. The van der Waals surface area contributed by atoms with Gasteiger partial charge in [0.2, 0.25) is 0 Å². The Bertz CT molecular complexity index is 1660. The van der Waals surface area contributed by atoms with E-state index in [4.69, 9.17) is 0 Å². The number of hydrogen-bond acceptors (Lipinski definition) is 5. The average Bonchev–Trinajstić information content (AvgIpc) is 3.38. The highest BCUT2D eigenvalue weighted by Crippen LogP contribution is 2.33. The molecule has 2 aromatic carbocycles. The molecule has 5 rings (SSSR count). The molecule has 0 fully saturated rings. The molecule has 10 heteroatoms. The van der Waals surface area contributed by atoms with Crippen molar-refractivity contribution < 1.29 is 17.2 Å². The predicted molar refractivity (Wildman–Crippen MR) is 124 cm³/mol. The third-order valence-electron chi connectivity index (χ3n) is 5.35. The van der Waals surface area contributed by atoms with Gasteiger partial charge in [-0.25, -0.2) is 31.4 Å². The maximum atomic E-state index is 14.6. The Kier molecular flexibility index (Phi) is 5.24. The Morgan fingerprint density at radius 2 is 1.74 bits per heavy atom. The van der Waals surface area contributed by atoms with Crippen LogP contribution in [0.3, 0.4) is 0 Å². The monoisotopic (exact) mass is 479 g/mol. The van der Waals surface area contributed by atoms with E-state index in [0.29, 0.717) is 22.5 Å². The van der Waals surface area contributed by atoms with Gasteiger partial charge in [0, 0.05) is 23.4 Å². The van der Waals surface area contributed by atoms with Crippen molar-refractivity contribution in [2.24, 2.45) is 0 Å². The van der Waals surface area contributed by atoms with Crippen molar-refractivity contribution in [3.8, 4) is 27.9 Å². The second kappa shape index (κ2) is 8.14. The highest BCUT2D eigenvalue weighted by molar-refractivity contribution is 7.89. The molecule has 0 aliphatic rings. The minimum absolute atomic E-state index is 0.179. The van der Waals surface area contributed by atoms with Gasteiger partial charge in [-0.2, -0.15) is 10.2 Å². The van der Waals surface area contributed by atoms with Gasteiger partial charge in [0.05, 0.1) is 29.4 Å². The molecule has 0 unspecified atom stereocenters. The highest BCUT2D eigenvalue weighted by Gasteiger charge is 2.15. The van der Waals surface area contributed by atoms with Crippen LogP contribution in [-0.2, 0) is 15.6 Å². The Morgan fingerprint density at radius 3 is 2.41 bits per heavy atom. The molecule has 3 heterocycles. The smallest absolute Gasteiger partial charge is 0.151 e. The fraction of sp³-hybridized carbons (Fsp3) is 0.125. The fourth-order valence-corrected chi connectivity index (χ4v) is 4.69. The number of pyridine rings is 1. The number of benzene rings is 2. The number of aromatic nitrogens is 5. The van der Waals surface area contributed by atoms with Crippen LogP contribution >= 0.6 is 0 Å². The van der Waals surface area contributed by atoms with Gasteiger partial charge in [0.1, 0.15) is 23.8 Å². The molecule has 0 N–H and O–H groups in total. The minimum Gasteiger partial charge on any atom is -0.238 e. The van der Waals surface area contributed by atoms with Gasteiger partial charge in [-0.1, -0.05) is 0 Å². The summed E-state index contributed by atoms with van der Waals surface area (Å²) in [4.78, 5) is 4.13. The van der Waals surface area contributed by atoms with E-state index in [0.717, 1.165) is 29.1 Å². The quantitative estimate of drug-likeness (QED) is 0.374. The van der Waals surface area contributed by atoms with Gasteiger partial charge in [0.25, 0.3) is 0 Å². The number of rotatable bonds is 5. The number of fused-ring (bicyclic) bond motifs is 1. The molecule has 0 saturated carbocycles. The lowest BCUT2D eigenvalue weighted by molar-refractivity contribution is 0.585. The predicted octanol–water partition coefficient (Wildman–Crippen LogP) is 4.38. The summed E-state index contributed by atoms with van der Waals surface area (Å²) in [5, 5.41) is 8.74. The van der Waals surface area contributed by atoms with Crippen LogP contribution < -0.4 is 0 Å². The first-order chi connectivity index (χ1) is 16.2. The lowest BCUT2D eigenvalue weighted by Gasteiger charge is -2.11. The third-order valence-corrected chi connectivity index (χ3v) is 6.20. The van der Waals surface area contributed by atoms with E-state index in [1.807, 2.05) is 12.1 Å². The molecule has 0 aliphatic carbocycles. The van der Waals surface area contributed by atoms with Crippen molar-refractivity contribution in [2.45, 2.75) is 12.7 Å². The molecule has 172 valence electrons. The van der Waals surface area contributed by atoms with E-state index in [-0.39, 0.29) is 11.3 Å². The van der Waals surface area contributed by atoms with Crippen LogP contribution in [0.25, 0.3) is 33.5 Å². The average molecular weight is 480 g/mol. The van der Waals surface area contributed by atoms with Crippen LogP contribution in [0.1, 0.15) is 11.4 Å². The SMILES string of the molecule is Cc1ncn(-c2ccc3c(-c4cc(CS(C)(=O)=O)cc(-c5ccc(F)cc5F)c4)cnn3c2)n1. The molecule has 3 aromatic heterocycles. The maximum absolute atomic E-state index is 14.6. The Hall–Kier alpha value is -3.92. The molecule has 7 nitrogen and oxygen atoms in total. The van der Waals surface area contributed by atoms with Gasteiger partial charge in [-0.3, -0.25) is 0 Å². The molecule has 0 spiro atoms. The number of aryl methyl sites for hydroxylation is 1. The number of hydrogen-bond donors (Lipinski definition) is 0. The zero-order valence-electron chi connectivity index (χ0n) is 18.3. The third kappa shape index (κ3) is 4.32. The first-order valence-corrected chi connectivity index (χ1v) is 12.4. The number of halogens is 2. The largest absolute Gasteiger partial charge is 0.238 e. The summed E-state index contributed by atoms with van der Waals surface area (Å²) in [7, 11) is -3.35. The van der Waals surface area contributed by atoms with Crippen molar-refractivity contribution in [3.63, 3.8) is 0 Å². The van der Waals surface area contributed by atoms with Crippen LogP contribution in [0, 0.1) is 18.6 Å². The van der Waals surface area contributed by atoms with Crippen molar-refractivity contribution in [2.75, 3.05) is 6.26 Å². The lowest BCUT2D eigenvalue weighted by Crippen LogP contribution is -2.01. The molecule has 0 saturated heterocycles. The van der Waals surface area contributed by atoms with Crippen molar-refractivity contribution in [1.29, 1.82) is 0 Å². The van der Waals surface area contributed by atoms with Crippen LogP contribution in [-0.4, -0.2) is 39.1 Å². The summed E-state index contributed by atoms with van der Waals surface area (Å²) in [6.07, 6.45) is 6.21. The van der Waals surface area contributed by atoms with Crippen molar-refractivity contribution >= 4 is 15.4 Å². The van der Waals surface area contributed by atoms with Gasteiger partial charge in [-0.15, -0.1) is 0 Å². The summed E-state index contributed by atoms with van der Waals surface area (Å²) in [5.41, 5.74) is 4.05. The first kappa shape index (κ1) is 21.9. The summed E-state index contributed by atoms with van der Waals surface area (Å²) >= 11 is 0. The first-order valence-electron chi connectivity index (χ1n) is 10.3. The highest BCUT2D eigenvalue weighted by atomic mass is 32.2. The standard InChI is InChI=1S/C24H19F2N5O2S/c1-15-27-14-31(29-15)20-4-6-24-22(11-28-30(24)12-20)18-8-16(13-34(2,32)33)7-17(9-18)21-5-3-19(25)10-23(21)26/h3-12,14H,13H2,1-2H3. The molecule has 0 amide bonds. The molecule has 34 heavy (non-hydrogen) atoms. The van der Waals surface area contributed by atoms with Gasteiger partial charge in [0.15, 0.2) is 9.84 Å². The topological polar surface area (TPSA) is 82.1 Å². The van der Waals surface area contributed by atoms with E-state index >= 15 is 0 Å². The van der Waals surface area contributed by atoms with Crippen LogP contribution in [0.15, 0.2) is 67.3 Å². The molecule has 0 aliphatic heterocycles. The summed E-state index contributed by atoms with van der Waals surface area (Å²) in [5.74, 6) is -0.986. The molecular weight excluding hydrogens is 460 g/mol. The van der Waals surface area contributed by atoms with Crippen LogP contribution in [0.4, 0.5) is 8.78 Å². The second-order valence-corrected chi connectivity index (χ2v) is 10.3. The van der Waals surface area contributed by atoms with Gasteiger partial charge < -0.3 is 0 Å². The van der Waals surface area contributed by atoms with E-state index in [1.165, 1.54) is 12.1 Å². The van der Waals surface area contributed by atoms with Crippen LogP contribution in [0.2, 0.25) is 0 Å². The molecular formula is C24H19F2N5O2S. The van der Waals surface area contributed by atoms with E-state index in [9.17, 15) is 17.2 Å². The van der Waals surface area contributed by atoms with Gasteiger partial charge >= 0.3 is 0 Å². The Labute approximate surface area is 194 Å². The number of nitrogens with zero attached hydrogens (tertiary/aromatic N) is 5. The van der Waals surface area contributed by atoms with Crippen molar-refractivity contribution in [1.82, 2.24) is 24.4 Å². The molecule has 0 bridgehead atoms. The summed E-state index contributed by atoms with van der Waals surface area (Å²) < 4.78 is 55.3. The minimum atomic E-state index is -3.35. The van der Waals surface area contributed by atoms with Crippen LogP contribution in [0.5, 0.6) is 0 Å². The normalized spacial score (nSPS) is 11.9. The summed E-state index contributed by atoms with van der Waals surface area (Å²) in [6.45, 7) is 1.80. The Balaban J connectivity index is 1.65. The Morgan fingerprint density at radius 1 is 0.971 bits per heavy atom. The molecule has 5 aromatic rings. The van der Waals surface area contributed by atoms with E-state index < -0.39 is 21.5 Å². The molecule has 0 radical (unpaired) electrons. The van der Waals surface area contributed by atoms with Crippen molar-refractivity contribution in [3.05, 3.63) is 90.3 Å². The number of sulfone groups is 1. The molecule has 0 atom stereocenters. The fourth-order valence-electron chi connectivity index (χ4n) is 3.91. The van der Waals surface area contributed by atoms with E-state index in [2.05, 4.69) is 15.2 Å². The zero-order chi connectivity index (χ0) is 24.0. The zero-order valence-corrected chi connectivity index (χ0v) is 19.1.